The standard InChI is InChI=1S/C40H80NO6P/c1-3-5-7-9-11-13-15-16-17-18-19-20-21-22-23-24-26-28-30-32-34-36-40(43)41-38(37-47-48(44,45)46)39(42)35-33-31-29-27-25-14-12-10-8-6-4-2/h16-17,38-39,42H,3-15,18-37H2,1-2H3,(H,41,43)(H2,44,45,46)/b17-16-/t38-,39+/m0/s1. The molecule has 0 spiro atoms. The van der Waals surface area contributed by atoms with Gasteiger partial charge in [0.25, 0.3) is 0 Å². The number of carbonyl (C=O) groups excluding carboxylic acids is 1. The molecule has 0 aromatic carbocycles. The van der Waals surface area contributed by atoms with E-state index in [0.29, 0.717) is 12.8 Å². The van der Waals surface area contributed by atoms with E-state index in [2.05, 4.69) is 35.8 Å². The van der Waals surface area contributed by atoms with Crippen LogP contribution in [0.2, 0.25) is 0 Å². The van der Waals surface area contributed by atoms with Crippen molar-refractivity contribution in [3.05, 3.63) is 12.2 Å². The molecular weight excluding hydrogens is 621 g/mol. The number of hydrogen-bond donors (Lipinski definition) is 4. The Bertz CT molecular complexity index is 758. The van der Waals surface area contributed by atoms with Crippen LogP contribution in [0.3, 0.4) is 0 Å². The molecule has 0 aromatic heterocycles. The molecule has 0 radical (unpaired) electrons. The lowest BCUT2D eigenvalue weighted by Gasteiger charge is -2.24. The van der Waals surface area contributed by atoms with Crippen LogP contribution in [-0.4, -0.2) is 39.6 Å². The first-order valence-electron chi connectivity index (χ1n) is 20.6. The van der Waals surface area contributed by atoms with Gasteiger partial charge in [-0.1, -0.05) is 187 Å². The summed E-state index contributed by atoms with van der Waals surface area (Å²) in [6, 6.07) is -0.820. The Morgan fingerprint density at radius 3 is 1.33 bits per heavy atom. The average molecular weight is 702 g/mol. The fraction of sp³-hybridized carbons (Fsp3) is 0.925. The molecule has 0 rings (SSSR count). The molecule has 0 aliphatic rings. The molecule has 286 valence electrons. The van der Waals surface area contributed by atoms with Crippen molar-refractivity contribution in [2.45, 2.75) is 231 Å². The SMILES string of the molecule is CCCCCCCC/C=C\CCCCCCCCCCCCCC(=O)N[C@@H](COP(=O)(O)O)[C@H](O)CCCCCCCCCCCCC. The van der Waals surface area contributed by atoms with Crippen molar-refractivity contribution >= 4 is 13.7 Å². The smallest absolute Gasteiger partial charge is 0.391 e. The lowest BCUT2D eigenvalue weighted by molar-refractivity contribution is -0.123. The number of rotatable bonds is 38. The molecule has 0 aliphatic heterocycles. The van der Waals surface area contributed by atoms with Gasteiger partial charge in [0.2, 0.25) is 5.91 Å². The predicted molar refractivity (Wildman–Crippen MR) is 204 cm³/mol. The summed E-state index contributed by atoms with van der Waals surface area (Å²) in [6.07, 6.45) is 42.0. The normalized spacial score (nSPS) is 13.4. The maximum Gasteiger partial charge on any atom is 0.469 e. The topological polar surface area (TPSA) is 116 Å². The van der Waals surface area contributed by atoms with E-state index in [1.807, 2.05) is 0 Å². The van der Waals surface area contributed by atoms with Gasteiger partial charge in [-0.25, -0.2) is 4.57 Å². The number of phosphoric acid groups is 1. The van der Waals surface area contributed by atoms with E-state index in [0.717, 1.165) is 38.5 Å². The second kappa shape index (κ2) is 36.1. The molecule has 2 atom stereocenters. The van der Waals surface area contributed by atoms with E-state index >= 15 is 0 Å². The zero-order valence-corrected chi connectivity index (χ0v) is 32.6. The fourth-order valence-electron chi connectivity index (χ4n) is 6.34. The Hall–Kier alpha value is -0.720. The lowest BCUT2D eigenvalue weighted by atomic mass is 10.0. The van der Waals surface area contributed by atoms with Crippen LogP contribution < -0.4 is 5.32 Å². The van der Waals surface area contributed by atoms with Gasteiger partial charge in [-0.3, -0.25) is 9.32 Å². The molecule has 0 fully saturated rings. The average Bonchev–Trinajstić information content (AvgIpc) is 3.05. The summed E-state index contributed by atoms with van der Waals surface area (Å²) in [7, 11) is -4.68. The fourth-order valence-corrected chi connectivity index (χ4v) is 6.70. The molecule has 1 amide bonds. The van der Waals surface area contributed by atoms with Gasteiger partial charge in [-0.2, -0.15) is 0 Å². The third-order valence-corrected chi connectivity index (χ3v) is 9.99. The van der Waals surface area contributed by atoms with E-state index in [9.17, 15) is 14.5 Å². The predicted octanol–water partition coefficient (Wildman–Crippen LogP) is 12.0. The highest BCUT2D eigenvalue weighted by molar-refractivity contribution is 7.46. The highest BCUT2D eigenvalue weighted by Gasteiger charge is 2.25. The van der Waals surface area contributed by atoms with E-state index < -0.39 is 26.6 Å². The zero-order chi connectivity index (χ0) is 35.4. The molecule has 4 N–H and O–H groups in total. The van der Waals surface area contributed by atoms with E-state index in [4.69, 9.17) is 9.79 Å². The van der Waals surface area contributed by atoms with Gasteiger partial charge >= 0.3 is 7.82 Å². The third-order valence-electron chi connectivity index (χ3n) is 9.50. The van der Waals surface area contributed by atoms with Crippen LogP contribution >= 0.6 is 7.82 Å². The molecule has 0 unspecified atom stereocenters. The van der Waals surface area contributed by atoms with Crippen LogP contribution in [-0.2, 0) is 13.9 Å². The first kappa shape index (κ1) is 47.3. The van der Waals surface area contributed by atoms with Crippen molar-refractivity contribution in [3.63, 3.8) is 0 Å². The lowest BCUT2D eigenvalue weighted by Crippen LogP contribution is -2.46. The van der Waals surface area contributed by atoms with E-state index in [1.165, 1.54) is 154 Å². The van der Waals surface area contributed by atoms with Crippen molar-refractivity contribution in [3.8, 4) is 0 Å². The third kappa shape index (κ3) is 36.6. The van der Waals surface area contributed by atoms with Gasteiger partial charge in [0, 0.05) is 6.42 Å². The minimum Gasteiger partial charge on any atom is -0.391 e. The number of phosphoric ester groups is 1. The second-order valence-electron chi connectivity index (χ2n) is 14.3. The van der Waals surface area contributed by atoms with E-state index in [1.54, 1.807) is 0 Å². The number of hydrogen-bond acceptors (Lipinski definition) is 4. The van der Waals surface area contributed by atoms with Crippen LogP contribution in [0.25, 0.3) is 0 Å². The molecule has 0 bridgehead atoms. The number of aliphatic hydroxyl groups excluding tert-OH is 1. The minimum absolute atomic E-state index is 0.194. The Balaban J connectivity index is 3.84. The number of amides is 1. The quantitative estimate of drug-likeness (QED) is 0.0289. The van der Waals surface area contributed by atoms with E-state index in [-0.39, 0.29) is 5.91 Å². The van der Waals surface area contributed by atoms with Gasteiger partial charge in [0.15, 0.2) is 0 Å². The van der Waals surface area contributed by atoms with Crippen LogP contribution in [0, 0.1) is 0 Å². The maximum absolute atomic E-state index is 12.6. The van der Waals surface area contributed by atoms with Crippen molar-refractivity contribution in [2.75, 3.05) is 6.61 Å². The number of nitrogens with one attached hydrogen (secondary N) is 1. The van der Waals surface area contributed by atoms with Crippen molar-refractivity contribution in [1.29, 1.82) is 0 Å². The number of unbranched alkanes of at least 4 members (excludes halogenated alkanes) is 27. The molecule has 7 nitrogen and oxygen atoms in total. The minimum atomic E-state index is -4.68. The molecule has 0 aliphatic carbocycles. The van der Waals surface area contributed by atoms with Crippen LogP contribution in [0.4, 0.5) is 0 Å². The van der Waals surface area contributed by atoms with Gasteiger partial charge in [-0.15, -0.1) is 0 Å². The number of allylic oxidation sites excluding steroid dienone is 2. The van der Waals surface area contributed by atoms with Crippen molar-refractivity contribution in [2.24, 2.45) is 0 Å². The summed E-state index contributed by atoms with van der Waals surface area (Å²) in [6.45, 7) is 4.11. The number of carbonyl (C=O) groups is 1. The van der Waals surface area contributed by atoms with Crippen molar-refractivity contribution < 1.29 is 28.8 Å². The highest BCUT2D eigenvalue weighted by Crippen LogP contribution is 2.36. The molecule has 0 saturated heterocycles. The summed E-state index contributed by atoms with van der Waals surface area (Å²) >= 11 is 0. The first-order chi connectivity index (χ1) is 23.3. The van der Waals surface area contributed by atoms with Gasteiger partial charge in [0.1, 0.15) is 0 Å². The Labute approximate surface area is 297 Å². The van der Waals surface area contributed by atoms with Crippen molar-refractivity contribution in [1.82, 2.24) is 5.32 Å². The Morgan fingerprint density at radius 1 is 0.583 bits per heavy atom. The van der Waals surface area contributed by atoms with Crippen LogP contribution in [0.5, 0.6) is 0 Å². The van der Waals surface area contributed by atoms with Crippen LogP contribution in [0.1, 0.15) is 219 Å². The van der Waals surface area contributed by atoms with Crippen LogP contribution in [0.15, 0.2) is 12.2 Å². The number of aliphatic hydroxyl groups is 1. The van der Waals surface area contributed by atoms with Gasteiger partial charge in [-0.05, 0) is 38.5 Å². The molecule has 0 aromatic rings. The monoisotopic (exact) mass is 702 g/mol. The molecule has 48 heavy (non-hydrogen) atoms. The Kier molecular flexibility index (Phi) is 35.5. The summed E-state index contributed by atoms with van der Waals surface area (Å²) in [5, 5.41) is 13.5. The molecule has 0 heterocycles. The maximum atomic E-state index is 12.6. The molecule has 0 saturated carbocycles. The Morgan fingerprint density at radius 2 is 0.938 bits per heavy atom. The summed E-state index contributed by atoms with van der Waals surface area (Å²) in [5.41, 5.74) is 0. The summed E-state index contributed by atoms with van der Waals surface area (Å²) in [5.74, 6) is -0.194. The first-order valence-corrected chi connectivity index (χ1v) is 22.2. The summed E-state index contributed by atoms with van der Waals surface area (Å²) < 4.78 is 15.9. The van der Waals surface area contributed by atoms with Gasteiger partial charge < -0.3 is 20.2 Å². The van der Waals surface area contributed by atoms with Gasteiger partial charge in [0.05, 0.1) is 18.8 Å². The second-order valence-corrected chi connectivity index (χ2v) is 15.5. The highest BCUT2D eigenvalue weighted by atomic mass is 31.2. The summed E-state index contributed by atoms with van der Waals surface area (Å²) in [4.78, 5) is 30.8. The molecule has 8 heteroatoms. The largest absolute Gasteiger partial charge is 0.469 e. The molecular formula is C40H80NO6P. The zero-order valence-electron chi connectivity index (χ0n) is 31.7.